The van der Waals surface area contributed by atoms with Crippen LogP contribution in [0.5, 0.6) is 0 Å². The summed E-state index contributed by atoms with van der Waals surface area (Å²) in [5.41, 5.74) is 3.42. The molecule has 1 fully saturated rings. The van der Waals surface area contributed by atoms with Gasteiger partial charge in [0.25, 0.3) is 5.91 Å². The van der Waals surface area contributed by atoms with Crippen LogP contribution in [0, 0.1) is 0 Å². The summed E-state index contributed by atoms with van der Waals surface area (Å²) in [7, 11) is 0. The first-order chi connectivity index (χ1) is 13.1. The van der Waals surface area contributed by atoms with Crippen molar-refractivity contribution in [3.63, 3.8) is 0 Å². The Kier molecular flexibility index (Phi) is 6.92. The summed E-state index contributed by atoms with van der Waals surface area (Å²) >= 11 is 3.46. The zero-order chi connectivity index (χ0) is 19.1. The predicted octanol–water partition coefficient (Wildman–Crippen LogP) is 2.49. The Morgan fingerprint density at radius 2 is 2.11 bits per heavy atom. The van der Waals surface area contributed by atoms with E-state index in [1.807, 2.05) is 0 Å². The quantitative estimate of drug-likeness (QED) is 0.354. The second-order valence-electron chi connectivity index (χ2n) is 6.44. The number of anilines is 1. The first kappa shape index (κ1) is 19.5. The number of halogens is 1. The highest BCUT2D eigenvalue weighted by atomic mass is 79.9. The van der Waals surface area contributed by atoms with Gasteiger partial charge in [-0.1, -0.05) is 28.1 Å². The molecule has 8 heteroatoms. The van der Waals surface area contributed by atoms with Crippen LogP contribution in [-0.2, 0) is 11.2 Å². The lowest BCUT2D eigenvalue weighted by Crippen LogP contribution is -2.28. The van der Waals surface area contributed by atoms with E-state index in [-0.39, 0.29) is 0 Å². The number of carbonyl (C=O) groups is 1. The molecule has 1 amide bonds. The molecule has 27 heavy (non-hydrogen) atoms. The molecule has 1 atom stereocenters. The van der Waals surface area contributed by atoms with Crippen molar-refractivity contribution in [1.82, 2.24) is 20.3 Å². The number of rotatable bonds is 7. The van der Waals surface area contributed by atoms with E-state index in [0.717, 1.165) is 42.8 Å². The molecule has 2 aromatic rings. The fourth-order valence-corrected chi connectivity index (χ4v) is 3.26. The maximum absolute atomic E-state index is 11.0. The average molecular weight is 432 g/mol. The highest BCUT2D eigenvalue weighted by Crippen LogP contribution is 2.16. The van der Waals surface area contributed by atoms with Crippen molar-refractivity contribution in [1.29, 1.82) is 0 Å². The first-order valence-corrected chi connectivity index (χ1v) is 9.59. The van der Waals surface area contributed by atoms with Crippen LogP contribution in [0.25, 0.3) is 6.08 Å². The number of hydrogen-bond acceptors (Lipinski definition) is 6. The highest BCUT2D eigenvalue weighted by molar-refractivity contribution is 9.10. The molecule has 1 aliphatic rings. The van der Waals surface area contributed by atoms with Crippen molar-refractivity contribution in [2.75, 3.05) is 25.0 Å². The summed E-state index contributed by atoms with van der Waals surface area (Å²) in [5.74, 6) is 0.117. The number of aromatic nitrogens is 2. The third-order valence-corrected chi connectivity index (χ3v) is 4.97. The summed E-state index contributed by atoms with van der Waals surface area (Å²) in [6, 6.07) is 8.83. The summed E-state index contributed by atoms with van der Waals surface area (Å²) < 4.78 is 1.11. The monoisotopic (exact) mass is 431 g/mol. The van der Waals surface area contributed by atoms with E-state index in [2.05, 4.69) is 60.4 Å². The molecule has 0 bridgehead atoms. The van der Waals surface area contributed by atoms with Gasteiger partial charge in [-0.15, -0.1) is 0 Å². The Morgan fingerprint density at radius 3 is 2.81 bits per heavy atom. The summed E-state index contributed by atoms with van der Waals surface area (Å²) in [5, 5.41) is 11.9. The van der Waals surface area contributed by atoms with Gasteiger partial charge in [0.2, 0.25) is 0 Å². The molecule has 142 valence electrons. The van der Waals surface area contributed by atoms with Crippen molar-refractivity contribution in [3.8, 4) is 0 Å². The van der Waals surface area contributed by atoms with Crippen LogP contribution in [0.2, 0.25) is 0 Å². The summed E-state index contributed by atoms with van der Waals surface area (Å²) in [6.07, 6.45) is 8.03. The molecule has 1 saturated heterocycles. The van der Waals surface area contributed by atoms with Crippen LogP contribution in [0.3, 0.4) is 0 Å². The second kappa shape index (κ2) is 9.59. The lowest BCUT2D eigenvalue weighted by Gasteiger charge is -2.17. The average Bonchev–Trinajstić information content (AvgIpc) is 3.14. The fourth-order valence-electron chi connectivity index (χ4n) is 3.00. The zero-order valence-corrected chi connectivity index (χ0v) is 16.4. The van der Waals surface area contributed by atoms with E-state index in [1.54, 1.807) is 12.4 Å². The van der Waals surface area contributed by atoms with Crippen molar-refractivity contribution in [3.05, 3.63) is 58.5 Å². The normalized spacial score (nSPS) is 17.3. The van der Waals surface area contributed by atoms with Gasteiger partial charge in [0.15, 0.2) is 0 Å². The molecule has 1 aromatic carbocycles. The fraction of sp³-hybridized carbons (Fsp3) is 0.316. The van der Waals surface area contributed by atoms with Gasteiger partial charge in [-0.25, -0.2) is 10.5 Å². The summed E-state index contributed by atoms with van der Waals surface area (Å²) in [6.45, 7) is 3.09. The van der Waals surface area contributed by atoms with Crippen LogP contribution in [0.1, 0.15) is 17.7 Å². The van der Waals surface area contributed by atoms with Gasteiger partial charge in [0.1, 0.15) is 5.82 Å². The van der Waals surface area contributed by atoms with E-state index in [0.29, 0.717) is 11.7 Å². The van der Waals surface area contributed by atoms with Gasteiger partial charge < -0.3 is 10.2 Å². The van der Waals surface area contributed by atoms with Crippen LogP contribution >= 0.6 is 15.9 Å². The maximum atomic E-state index is 11.0. The Morgan fingerprint density at radius 1 is 1.30 bits per heavy atom. The molecular weight excluding hydrogens is 410 g/mol. The van der Waals surface area contributed by atoms with E-state index < -0.39 is 5.91 Å². The Labute approximate surface area is 166 Å². The van der Waals surface area contributed by atoms with Crippen molar-refractivity contribution >= 4 is 33.7 Å². The molecule has 0 aliphatic carbocycles. The smallest absolute Gasteiger partial charge is 0.267 e. The third kappa shape index (κ3) is 6.13. The molecule has 0 spiro atoms. The van der Waals surface area contributed by atoms with Gasteiger partial charge in [-0.3, -0.25) is 15.0 Å². The molecule has 0 radical (unpaired) electrons. The number of nitrogens with one attached hydrogen (secondary N) is 2. The molecule has 3 N–H and O–H groups in total. The van der Waals surface area contributed by atoms with Gasteiger partial charge in [0.05, 0.1) is 18.1 Å². The highest BCUT2D eigenvalue weighted by Gasteiger charge is 2.22. The number of likely N-dealkylation sites (tertiary alicyclic amines) is 1. The van der Waals surface area contributed by atoms with Gasteiger partial charge in [0, 0.05) is 36.2 Å². The number of carbonyl (C=O) groups excluding carboxylic acids is 1. The van der Waals surface area contributed by atoms with Crippen LogP contribution in [0.15, 0.2) is 47.2 Å². The molecule has 7 nitrogen and oxygen atoms in total. The van der Waals surface area contributed by atoms with Crippen molar-refractivity contribution in [2.24, 2.45) is 0 Å². The molecule has 0 unspecified atom stereocenters. The number of benzene rings is 1. The van der Waals surface area contributed by atoms with Gasteiger partial charge in [-0.05, 0) is 36.6 Å². The summed E-state index contributed by atoms with van der Waals surface area (Å²) in [4.78, 5) is 22.0. The van der Waals surface area contributed by atoms with E-state index in [9.17, 15) is 4.79 Å². The van der Waals surface area contributed by atoms with E-state index in [1.165, 1.54) is 23.2 Å². The number of amides is 1. The van der Waals surface area contributed by atoms with Crippen molar-refractivity contribution in [2.45, 2.75) is 18.9 Å². The Hall–Kier alpha value is -2.29. The minimum absolute atomic E-state index is 0.353. The predicted molar refractivity (Wildman–Crippen MR) is 107 cm³/mol. The standard InChI is InChI=1S/C19H22BrN5O2/c20-15-3-1-14(2-4-15)7-9-25-10-8-17(13-25)23-18-12-21-16(11-22-18)5-6-19(26)24-27/h1-6,11-12,17,27H,7-10,13H2,(H,22,23)(H,24,26)/b6-5+/t17-/m1/s1. The molecular formula is C19H22BrN5O2. The lowest BCUT2D eigenvalue weighted by atomic mass is 10.1. The van der Waals surface area contributed by atoms with Crippen LogP contribution in [0.4, 0.5) is 5.82 Å². The molecule has 1 aromatic heterocycles. The molecule has 1 aliphatic heterocycles. The first-order valence-electron chi connectivity index (χ1n) is 8.80. The van der Waals surface area contributed by atoms with Crippen LogP contribution < -0.4 is 10.8 Å². The van der Waals surface area contributed by atoms with Gasteiger partial charge >= 0.3 is 0 Å². The molecule has 0 saturated carbocycles. The minimum atomic E-state index is -0.604. The number of hydroxylamine groups is 1. The van der Waals surface area contributed by atoms with Crippen molar-refractivity contribution < 1.29 is 10.0 Å². The largest absolute Gasteiger partial charge is 0.365 e. The maximum Gasteiger partial charge on any atom is 0.267 e. The number of hydrogen-bond donors (Lipinski definition) is 3. The van der Waals surface area contributed by atoms with Gasteiger partial charge in [-0.2, -0.15) is 0 Å². The molecule has 3 rings (SSSR count). The second-order valence-corrected chi connectivity index (χ2v) is 7.36. The topological polar surface area (TPSA) is 90.4 Å². The minimum Gasteiger partial charge on any atom is -0.365 e. The lowest BCUT2D eigenvalue weighted by molar-refractivity contribution is -0.124. The number of nitrogens with zero attached hydrogens (tertiary/aromatic N) is 3. The third-order valence-electron chi connectivity index (χ3n) is 4.44. The Balaban J connectivity index is 1.44. The van der Waals surface area contributed by atoms with E-state index >= 15 is 0 Å². The Bertz CT molecular complexity index is 780. The van der Waals surface area contributed by atoms with Crippen LogP contribution in [-0.4, -0.2) is 51.7 Å². The zero-order valence-electron chi connectivity index (χ0n) is 14.8. The SMILES string of the molecule is O=C(/C=C/c1cnc(N[C@@H]2CCN(CCc3ccc(Br)cc3)C2)cn1)NO. The van der Waals surface area contributed by atoms with E-state index in [4.69, 9.17) is 5.21 Å². The molecule has 2 heterocycles.